The molecule has 0 saturated carbocycles. The topological polar surface area (TPSA) is 122 Å². The van der Waals surface area contributed by atoms with Gasteiger partial charge in [-0.15, -0.1) is 0 Å². The summed E-state index contributed by atoms with van der Waals surface area (Å²) in [5.74, 6) is 0.290. The minimum absolute atomic E-state index is 0.00268. The molecule has 7 heteroatoms. The van der Waals surface area contributed by atoms with Crippen LogP contribution in [0.5, 0.6) is 0 Å². The SMILES string of the molecule is N=C(N)c1cccc(C2=CCN(C(=O)c3ccc(-c4cnc(N)nc4)cc3)CC2)c1. The van der Waals surface area contributed by atoms with Crippen molar-refractivity contribution in [3.63, 3.8) is 0 Å². The van der Waals surface area contributed by atoms with Crippen LogP contribution in [0.1, 0.15) is 27.9 Å². The fourth-order valence-corrected chi connectivity index (χ4v) is 3.48. The number of nitrogen functional groups attached to an aromatic ring is 2. The Labute approximate surface area is 174 Å². The van der Waals surface area contributed by atoms with Crippen molar-refractivity contribution in [1.29, 1.82) is 5.41 Å². The molecule has 0 unspecified atom stereocenters. The minimum atomic E-state index is 0.00268. The lowest BCUT2D eigenvalue weighted by molar-refractivity contribution is 0.0773. The summed E-state index contributed by atoms with van der Waals surface area (Å²) in [6.07, 6.45) is 6.16. The number of amides is 1. The van der Waals surface area contributed by atoms with Crippen LogP contribution >= 0.6 is 0 Å². The van der Waals surface area contributed by atoms with Crippen molar-refractivity contribution in [2.24, 2.45) is 5.73 Å². The van der Waals surface area contributed by atoms with E-state index in [2.05, 4.69) is 16.0 Å². The first-order valence-electron chi connectivity index (χ1n) is 9.62. The van der Waals surface area contributed by atoms with Crippen molar-refractivity contribution in [3.05, 3.63) is 83.7 Å². The maximum Gasteiger partial charge on any atom is 0.254 e. The summed E-state index contributed by atoms with van der Waals surface area (Å²) in [4.78, 5) is 22.7. The highest BCUT2D eigenvalue weighted by atomic mass is 16.2. The van der Waals surface area contributed by atoms with Crippen LogP contribution in [0.4, 0.5) is 5.95 Å². The number of aromatic nitrogens is 2. The van der Waals surface area contributed by atoms with Crippen LogP contribution in [0.2, 0.25) is 0 Å². The van der Waals surface area contributed by atoms with Gasteiger partial charge in [-0.25, -0.2) is 9.97 Å². The molecule has 7 nitrogen and oxygen atoms in total. The molecule has 0 radical (unpaired) electrons. The molecule has 0 saturated heterocycles. The lowest BCUT2D eigenvalue weighted by Crippen LogP contribution is -2.34. The van der Waals surface area contributed by atoms with Gasteiger partial charge in [-0.2, -0.15) is 0 Å². The van der Waals surface area contributed by atoms with Crippen LogP contribution in [0, 0.1) is 5.41 Å². The predicted octanol–water partition coefficient (Wildman–Crippen LogP) is 2.94. The van der Waals surface area contributed by atoms with Crippen LogP contribution in [0.25, 0.3) is 16.7 Å². The molecule has 0 fully saturated rings. The lowest BCUT2D eigenvalue weighted by Gasteiger charge is -2.27. The molecule has 1 aromatic heterocycles. The van der Waals surface area contributed by atoms with Crippen molar-refractivity contribution in [2.75, 3.05) is 18.8 Å². The lowest BCUT2D eigenvalue weighted by atomic mass is 9.97. The van der Waals surface area contributed by atoms with Crippen molar-refractivity contribution in [1.82, 2.24) is 14.9 Å². The number of nitrogens with two attached hydrogens (primary N) is 2. The van der Waals surface area contributed by atoms with Gasteiger partial charge in [0.15, 0.2) is 0 Å². The number of amidine groups is 1. The average molecular weight is 398 g/mol. The maximum atomic E-state index is 12.9. The van der Waals surface area contributed by atoms with Crippen LogP contribution in [0.15, 0.2) is 67.0 Å². The Balaban J connectivity index is 1.45. The molecule has 1 aliphatic heterocycles. The van der Waals surface area contributed by atoms with E-state index in [4.69, 9.17) is 16.9 Å². The highest BCUT2D eigenvalue weighted by Gasteiger charge is 2.19. The second-order valence-electron chi connectivity index (χ2n) is 7.13. The van der Waals surface area contributed by atoms with Crippen molar-refractivity contribution in [2.45, 2.75) is 6.42 Å². The number of benzene rings is 2. The van der Waals surface area contributed by atoms with Crippen molar-refractivity contribution in [3.8, 4) is 11.1 Å². The van der Waals surface area contributed by atoms with E-state index >= 15 is 0 Å². The molecule has 5 N–H and O–H groups in total. The van der Waals surface area contributed by atoms with Gasteiger partial charge in [0, 0.05) is 42.2 Å². The molecule has 0 spiro atoms. The standard InChI is InChI=1S/C23H22N6O/c24-21(25)19-3-1-2-18(12-19)16-8-10-29(11-9-16)22(30)17-6-4-15(5-7-17)20-13-27-23(26)28-14-20/h1-8,12-14H,9-11H2,(H3,24,25)(H2,26,27,28). The molecule has 2 aromatic carbocycles. The largest absolute Gasteiger partial charge is 0.384 e. The van der Waals surface area contributed by atoms with E-state index in [-0.39, 0.29) is 17.7 Å². The molecule has 150 valence electrons. The number of carbonyl (C=O) groups is 1. The van der Waals surface area contributed by atoms with E-state index < -0.39 is 0 Å². The molecule has 1 amide bonds. The Morgan fingerprint density at radius 3 is 2.33 bits per heavy atom. The third-order valence-corrected chi connectivity index (χ3v) is 5.18. The fraction of sp³-hybridized carbons (Fsp3) is 0.130. The average Bonchev–Trinajstić information content (AvgIpc) is 2.79. The summed E-state index contributed by atoms with van der Waals surface area (Å²) in [6, 6.07) is 15.1. The summed E-state index contributed by atoms with van der Waals surface area (Å²) >= 11 is 0. The van der Waals surface area contributed by atoms with Gasteiger partial charge < -0.3 is 16.4 Å². The zero-order valence-corrected chi connectivity index (χ0v) is 16.4. The van der Waals surface area contributed by atoms with E-state index in [0.29, 0.717) is 24.2 Å². The van der Waals surface area contributed by atoms with E-state index in [1.54, 1.807) is 12.4 Å². The number of hydrogen-bond donors (Lipinski definition) is 3. The molecule has 30 heavy (non-hydrogen) atoms. The zero-order chi connectivity index (χ0) is 21.1. The van der Waals surface area contributed by atoms with Crippen molar-refractivity contribution >= 4 is 23.3 Å². The third-order valence-electron chi connectivity index (χ3n) is 5.18. The number of anilines is 1. The Morgan fingerprint density at radius 2 is 1.70 bits per heavy atom. The van der Waals surface area contributed by atoms with Gasteiger partial charge in [0.05, 0.1) is 0 Å². The number of hydrogen-bond acceptors (Lipinski definition) is 5. The van der Waals surface area contributed by atoms with Crippen LogP contribution in [0.3, 0.4) is 0 Å². The van der Waals surface area contributed by atoms with Gasteiger partial charge in [-0.05, 0) is 41.3 Å². The second kappa shape index (κ2) is 8.16. The van der Waals surface area contributed by atoms with Crippen LogP contribution in [-0.4, -0.2) is 39.7 Å². The highest BCUT2D eigenvalue weighted by Crippen LogP contribution is 2.25. The smallest absolute Gasteiger partial charge is 0.254 e. The predicted molar refractivity (Wildman–Crippen MR) is 118 cm³/mol. The van der Waals surface area contributed by atoms with E-state index in [0.717, 1.165) is 23.1 Å². The molecular weight excluding hydrogens is 376 g/mol. The first-order chi connectivity index (χ1) is 14.5. The van der Waals surface area contributed by atoms with Gasteiger partial charge in [0.1, 0.15) is 5.84 Å². The fourth-order valence-electron chi connectivity index (χ4n) is 3.48. The van der Waals surface area contributed by atoms with E-state index in [1.807, 2.05) is 53.4 Å². The molecule has 0 aliphatic carbocycles. The van der Waals surface area contributed by atoms with E-state index in [1.165, 1.54) is 5.57 Å². The van der Waals surface area contributed by atoms with Crippen LogP contribution in [-0.2, 0) is 0 Å². The maximum absolute atomic E-state index is 12.9. The quantitative estimate of drug-likeness (QED) is 0.461. The summed E-state index contributed by atoms with van der Waals surface area (Å²) < 4.78 is 0. The number of nitrogens with zero attached hydrogens (tertiary/aromatic N) is 3. The first kappa shape index (κ1) is 19.3. The Hall–Kier alpha value is -4.00. The minimum Gasteiger partial charge on any atom is -0.384 e. The first-order valence-corrected chi connectivity index (χ1v) is 9.62. The molecule has 0 atom stereocenters. The molecule has 0 bridgehead atoms. The molecule has 4 rings (SSSR count). The zero-order valence-electron chi connectivity index (χ0n) is 16.4. The monoisotopic (exact) mass is 398 g/mol. The van der Waals surface area contributed by atoms with Gasteiger partial charge in [0.2, 0.25) is 5.95 Å². The highest BCUT2D eigenvalue weighted by molar-refractivity contribution is 5.96. The number of nitrogens with one attached hydrogen (secondary N) is 1. The van der Waals surface area contributed by atoms with Gasteiger partial charge in [-0.1, -0.05) is 36.4 Å². The number of carbonyl (C=O) groups excluding carboxylic acids is 1. The van der Waals surface area contributed by atoms with Gasteiger partial charge in [-0.3, -0.25) is 10.2 Å². The van der Waals surface area contributed by atoms with Crippen molar-refractivity contribution < 1.29 is 4.79 Å². The molecule has 2 heterocycles. The summed E-state index contributed by atoms with van der Waals surface area (Å²) in [6.45, 7) is 1.19. The van der Waals surface area contributed by atoms with E-state index in [9.17, 15) is 4.79 Å². The summed E-state index contributed by atoms with van der Waals surface area (Å²) in [7, 11) is 0. The van der Waals surface area contributed by atoms with Gasteiger partial charge in [0.25, 0.3) is 5.91 Å². The second-order valence-corrected chi connectivity index (χ2v) is 7.13. The van der Waals surface area contributed by atoms with Crippen LogP contribution < -0.4 is 11.5 Å². The Bertz CT molecular complexity index is 1120. The normalized spacial score (nSPS) is 13.6. The molecule has 1 aliphatic rings. The third kappa shape index (κ3) is 4.05. The van der Waals surface area contributed by atoms with Gasteiger partial charge >= 0.3 is 0 Å². The summed E-state index contributed by atoms with van der Waals surface area (Å²) in [5, 5.41) is 7.60. The Kier molecular flexibility index (Phi) is 5.26. The summed E-state index contributed by atoms with van der Waals surface area (Å²) in [5.41, 5.74) is 16.5. The number of rotatable bonds is 4. The molecule has 3 aromatic rings. The Morgan fingerprint density at radius 1 is 0.967 bits per heavy atom. The molecular formula is C23H22N6O.